The number of Topliss-reactive ketones (excluding diaryl/α,β-unsaturated/α-hetero) is 1. The highest BCUT2D eigenvalue weighted by Crippen LogP contribution is 2.15. The normalized spacial score (nSPS) is 11.2. The molecule has 17 heavy (non-hydrogen) atoms. The van der Waals surface area contributed by atoms with E-state index >= 15 is 0 Å². The maximum Gasteiger partial charge on any atom is 0.137 e. The van der Waals surface area contributed by atoms with Crippen molar-refractivity contribution in [1.29, 1.82) is 0 Å². The minimum absolute atomic E-state index is 0.338. The van der Waals surface area contributed by atoms with Crippen LogP contribution in [-0.4, -0.2) is 15.6 Å². The Morgan fingerprint density at radius 2 is 2.00 bits per heavy atom. The van der Waals surface area contributed by atoms with Crippen LogP contribution in [-0.2, 0) is 18.3 Å². The number of aryl methyl sites for hydroxylation is 2. The lowest BCUT2D eigenvalue weighted by molar-refractivity contribution is -0.118. The summed E-state index contributed by atoms with van der Waals surface area (Å²) in [7, 11) is 1.93. The van der Waals surface area contributed by atoms with Crippen LogP contribution in [0.1, 0.15) is 50.1 Å². The van der Waals surface area contributed by atoms with Gasteiger partial charge in [-0.05, 0) is 26.2 Å². The number of carbonyl (C=O) groups is 1. The molecule has 3 heteroatoms. The van der Waals surface area contributed by atoms with Crippen molar-refractivity contribution in [3.8, 4) is 0 Å². The summed E-state index contributed by atoms with van der Waals surface area (Å²) in [4.78, 5) is 11.9. The average Bonchev–Trinajstić information content (AvgIpc) is 2.44. The van der Waals surface area contributed by atoms with E-state index in [0.717, 1.165) is 29.8 Å². The first-order valence-corrected chi connectivity index (χ1v) is 6.42. The molecule has 0 saturated carbocycles. The lowest BCUT2D eigenvalue weighted by Crippen LogP contribution is -2.05. The molecular formula is C14H24N2O. The van der Waals surface area contributed by atoms with Crippen LogP contribution in [0.15, 0.2) is 0 Å². The van der Waals surface area contributed by atoms with Crippen molar-refractivity contribution >= 4 is 5.78 Å². The molecule has 0 radical (unpaired) electrons. The molecule has 3 nitrogen and oxygen atoms in total. The van der Waals surface area contributed by atoms with Crippen molar-refractivity contribution in [2.24, 2.45) is 13.0 Å². The molecule has 0 saturated heterocycles. The van der Waals surface area contributed by atoms with Crippen molar-refractivity contribution in [3.63, 3.8) is 0 Å². The van der Waals surface area contributed by atoms with Gasteiger partial charge < -0.3 is 0 Å². The fourth-order valence-corrected chi connectivity index (χ4v) is 2.07. The van der Waals surface area contributed by atoms with Gasteiger partial charge >= 0.3 is 0 Å². The van der Waals surface area contributed by atoms with Crippen molar-refractivity contribution < 1.29 is 4.79 Å². The smallest absolute Gasteiger partial charge is 0.137 e. The molecule has 1 aromatic heterocycles. The summed E-state index contributed by atoms with van der Waals surface area (Å²) in [5.74, 6) is 1.02. The number of ketones is 1. The summed E-state index contributed by atoms with van der Waals surface area (Å²) >= 11 is 0. The molecule has 0 fully saturated rings. The molecule has 0 aromatic carbocycles. The van der Waals surface area contributed by atoms with Gasteiger partial charge in [-0.3, -0.25) is 9.48 Å². The van der Waals surface area contributed by atoms with Gasteiger partial charge in [0.15, 0.2) is 0 Å². The largest absolute Gasteiger partial charge is 0.299 e. The van der Waals surface area contributed by atoms with E-state index in [1.54, 1.807) is 0 Å². The van der Waals surface area contributed by atoms with Crippen molar-refractivity contribution in [2.75, 3.05) is 0 Å². The van der Waals surface area contributed by atoms with Crippen LogP contribution in [0.2, 0.25) is 0 Å². The van der Waals surface area contributed by atoms with E-state index in [0.29, 0.717) is 24.5 Å². The summed E-state index contributed by atoms with van der Waals surface area (Å²) in [5, 5.41) is 4.34. The molecule has 1 heterocycles. The molecular weight excluding hydrogens is 212 g/mol. The molecule has 1 rings (SSSR count). The molecule has 0 unspecified atom stereocenters. The molecule has 1 aromatic rings. The van der Waals surface area contributed by atoms with E-state index in [2.05, 4.69) is 18.9 Å². The average molecular weight is 236 g/mol. The molecule has 0 atom stereocenters. The van der Waals surface area contributed by atoms with Crippen LogP contribution in [0.4, 0.5) is 0 Å². The molecule has 96 valence electrons. The minimum atomic E-state index is 0.338. The van der Waals surface area contributed by atoms with E-state index in [4.69, 9.17) is 0 Å². The molecule has 0 N–H and O–H groups in total. The second-order valence-electron chi connectivity index (χ2n) is 5.27. The number of rotatable bonds is 6. The summed E-state index contributed by atoms with van der Waals surface area (Å²) < 4.78 is 1.85. The molecule has 0 spiro atoms. The topological polar surface area (TPSA) is 34.9 Å². The number of aromatic nitrogens is 2. The van der Waals surface area contributed by atoms with Gasteiger partial charge in [-0.2, -0.15) is 5.10 Å². The Balaban J connectivity index is 2.51. The van der Waals surface area contributed by atoms with Crippen LogP contribution in [0.5, 0.6) is 0 Å². The Hall–Kier alpha value is -1.12. The van der Waals surface area contributed by atoms with Gasteiger partial charge in [-0.15, -0.1) is 0 Å². The van der Waals surface area contributed by atoms with Crippen LogP contribution in [0.3, 0.4) is 0 Å². The summed E-state index contributed by atoms with van der Waals surface area (Å²) in [6.07, 6.45) is 3.39. The minimum Gasteiger partial charge on any atom is -0.299 e. The monoisotopic (exact) mass is 236 g/mol. The van der Waals surface area contributed by atoms with Gasteiger partial charge in [0, 0.05) is 31.1 Å². The molecule has 0 aliphatic heterocycles. The first-order valence-electron chi connectivity index (χ1n) is 6.42. The highest BCUT2D eigenvalue weighted by Gasteiger charge is 2.13. The second-order valence-corrected chi connectivity index (χ2v) is 5.27. The molecule has 0 aliphatic carbocycles. The highest BCUT2D eigenvalue weighted by molar-refractivity contribution is 5.81. The van der Waals surface area contributed by atoms with Gasteiger partial charge in [-0.25, -0.2) is 0 Å². The predicted octanol–water partition coefficient (Wildman–Crippen LogP) is 2.97. The zero-order valence-corrected chi connectivity index (χ0v) is 11.7. The lowest BCUT2D eigenvalue weighted by atomic mass is 10.0. The van der Waals surface area contributed by atoms with E-state index in [-0.39, 0.29) is 0 Å². The first-order chi connectivity index (χ1) is 7.91. The lowest BCUT2D eigenvalue weighted by Gasteiger charge is -2.04. The Morgan fingerprint density at radius 1 is 1.35 bits per heavy atom. The van der Waals surface area contributed by atoms with E-state index in [1.165, 1.54) is 0 Å². The maximum absolute atomic E-state index is 11.9. The van der Waals surface area contributed by atoms with Gasteiger partial charge in [0.1, 0.15) is 5.78 Å². The Bertz CT molecular complexity index is 391. The second kappa shape index (κ2) is 5.99. The highest BCUT2D eigenvalue weighted by atomic mass is 16.1. The van der Waals surface area contributed by atoms with Crippen LogP contribution in [0, 0.1) is 19.8 Å². The molecule has 0 aliphatic rings. The Kier molecular flexibility index (Phi) is 4.91. The van der Waals surface area contributed by atoms with Crippen molar-refractivity contribution in [1.82, 2.24) is 9.78 Å². The third-order valence-electron chi connectivity index (χ3n) is 3.27. The van der Waals surface area contributed by atoms with Crippen molar-refractivity contribution in [2.45, 2.75) is 53.4 Å². The van der Waals surface area contributed by atoms with Crippen molar-refractivity contribution in [3.05, 3.63) is 17.0 Å². The number of nitrogens with zero attached hydrogens (tertiary/aromatic N) is 2. The van der Waals surface area contributed by atoms with Gasteiger partial charge in [0.2, 0.25) is 0 Å². The number of carbonyl (C=O) groups excluding carboxylic acids is 1. The van der Waals surface area contributed by atoms with Crippen LogP contribution < -0.4 is 0 Å². The third-order valence-corrected chi connectivity index (χ3v) is 3.27. The number of hydrogen-bond acceptors (Lipinski definition) is 2. The van der Waals surface area contributed by atoms with Crippen LogP contribution >= 0.6 is 0 Å². The third kappa shape index (κ3) is 3.99. The summed E-state index contributed by atoms with van der Waals surface area (Å²) in [6.45, 7) is 8.39. The fraction of sp³-hybridized carbons (Fsp3) is 0.714. The molecule has 0 bridgehead atoms. The van der Waals surface area contributed by atoms with Gasteiger partial charge in [0.25, 0.3) is 0 Å². The fourth-order valence-electron chi connectivity index (χ4n) is 2.07. The number of hydrogen-bond donors (Lipinski definition) is 0. The standard InChI is InChI=1S/C14H24N2O/c1-10(2)7-6-8-13(17)9-14-11(3)15-16(5)12(14)4/h10H,6-9H2,1-5H3. The summed E-state index contributed by atoms with van der Waals surface area (Å²) in [5.41, 5.74) is 3.21. The van der Waals surface area contributed by atoms with E-state index < -0.39 is 0 Å². The van der Waals surface area contributed by atoms with Gasteiger partial charge in [-0.1, -0.05) is 20.3 Å². The van der Waals surface area contributed by atoms with E-state index in [9.17, 15) is 4.79 Å². The maximum atomic E-state index is 11.9. The molecule has 0 amide bonds. The Morgan fingerprint density at radius 3 is 2.47 bits per heavy atom. The SMILES string of the molecule is Cc1nn(C)c(C)c1CC(=O)CCCC(C)C. The first kappa shape index (κ1) is 13.9. The quantitative estimate of drug-likeness (QED) is 0.761. The summed E-state index contributed by atoms with van der Waals surface area (Å²) in [6, 6.07) is 0. The zero-order chi connectivity index (χ0) is 13.0. The van der Waals surface area contributed by atoms with Crippen LogP contribution in [0.25, 0.3) is 0 Å². The van der Waals surface area contributed by atoms with Gasteiger partial charge in [0.05, 0.1) is 5.69 Å². The van der Waals surface area contributed by atoms with E-state index in [1.807, 2.05) is 25.6 Å². The predicted molar refractivity (Wildman–Crippen MR) is 70.1 cm³/mol. The Labute approximate surface area is 104 Å². The zero-order valence-electron chi connectivity index (χ0n) is 11.7.